The van der Waals surface area contributed by atoms with Crippen LogP contribution in [0.1, 0.15) is 20.1 Å². The summed E-state index contributed by atoms with van der Waals surface area (Å²) in [6.07, 6.45) is 1.02. The summed E-state index contributed by atoms with van der Waals surface area (Å²) in [7, 11) is 0. The normalized spacial score (nSPS) is 12.5. The van der Waals surface area contributed by atoms with Gasteiger partial charge in [0.15, 0.2) is 0 Å². The lowest BCUT2D eigenvalue weighted by molar-refractivity contribution is 0.120. The van der Waals surface area contributed by atoms with E-state index in [1.807, 2.05) is 65.3 Å². The van der Waals surface area contributed by atoms with E-state index in [4.69, 9.17) is 9.84 Å². The number of fused-ring (bicyclic) bond motifs is 2. The second-order valence-electron chi connectivity index (χ2n) is 7.05. The van der Waals surface area contributed by atoms with E-state index in [1.54, 1.807) is 17.7 Å². The van der Waals surface area contributed by atoms with Crippen molar-refractivity contribution < 1.29 is 9.84 Å². The maximum atomic E-state index is 10.2. The number of aliphatic hydroxyl groups excluding tert-OH is 1. The summed E-state index contributed by atoms with van der Waals surface area (Å²) in [4.78, 5) is 9.04. The molecule has 0 spiro atoms. The maximum Gasteiger partial charge on any atom is 0.305 e. The standard InChI is InChI=1S/C23H21N5O2/c1-3-27-20-9-6-14-24-22(20)21(26-27)16-10-12-17(13-11-16)30-23-25-18-7-4-5-8-19(18)28(23)15(2)29/h4-15,29H,3H2,1-2H3. The fourth-order valence-corrected chi connectivity index (χ4v) is 3.69. The molecule has 0 fully saturated rings. The topological polar surface area (TPSA) is 78.0 Å². The van der Waals surface area contributed by atoms with Crippen molar-refractivity contribution in [2.24, 2.45) is 0 Å². The van der Waals surface area contributed by atoms with Crippen molar-refractivity contribution in [2.75, 3.05) is 0 Å². The van der Waals surface area contributed by atoms with E-state index in [0.717, 1.165) is 39.9 Å². The molecule has 1 unspecified atom stereocenters. The minimum absolute atomic E-state index is 0.348. The van der Waals surface area contributed by atoms with Gasteiger partial charge in [-0.3, -0.25) is 14.2 Å². The number of ether oxygens (including phenoxy) is 1. The van der Waals surface area contributed by atoms with Gasteiger partial charge in [0.25, 0.3) is 0 Å². The van der Waals surface area contributed by atoms with Crippen LogP contribution < -0.4 is 4.74 Å². The number of para-hydroxylation sites is 2. The van der Waals surface area contributed by atoms with Crippen molar-refractivity contribution in [3.05, 3.63) is 66.9 Å². The summed E-state index contributed by atoms with van der Waals surface area (Å²) in [5.74, 6) is 0.628. The molecule has 0 radical (unpaired) electrons. The molecular weight excluding hydrogens is 378 g/mol. The Hall–Kier alpha value is -3.71. The number of hydrogen-bond acceptors (Lipinski definition) is 5. The average Bonchev–Trinajstić information content (AvgIpc) is 3.32. The molecule has 0 saturated carbocycles. The van der Waals surface area contributed by atoms with Crippen LogP contribution in [0.25, 0.3) is 33.3 Å². The van der Waals surface area contributed by atoms with E-state index >= 15 is 0 Å². The summed E-state index contributed by atoms with van der Waals surface area (Å²) in [6.45, 7) is 4.53. The molecule has 150 valence electrons. The zero-order valence-electron chi connectivity index (χ0n) is 16.7. The molecule has 0 saturated heterocycles. The third-order valence-corrected chi connectivity index (χ3v) is 5.08. The number of rotatable bonds is 5. The first kappa shape index (κ1) is 18.3. The third kappa shape index (κ3) is 3.00. The number of hydrogen-bond donors (Lipinski definition) is 1. The minimum Gasteiger partial charge on any atom is -0.425 e. The number of aromatic nitrogens is 5. The van der Waals surface area contributed by atoms with Gasteiger partial charge in [0, 0.05) is 18.3 Å². The van der Waals surface area contributed by atoms with Gasteiger partial charge >= 0.3 is 6.01 Å². The van der Waals surface area contributed by atoms with Crippen LogP contribution in [0.5, 0.6) is 11.8 Å². The number of imidazole rings is 1. The van der Waals surface area contributed by atoms with Gasteiger partial charge in [-0.1, -0.05) is 12.1 Å². The largest absolute Gasteiger partial charge is 0.425 e. The van der Waals surface area contributed by atoms with Crippen LogP contribution in [0.15, 0.2) is 66.9 Å². The van der Waals surface area contributed by atoms with Gasteiger partial charge in [0.2, 0.25) is 0 Å². The first-order chi connectivity index (χ1) is 14.7. The molecule has 5 aromatic rings. The third-order valence-electron chi connectivity index (χ3n) is 5.08. The van der Waals surface area contributed by atoms with E-state index < -0.39 is 6.23 Å². The highest BCUT2D eigenvalue weighted by Gasteiger charge is 2.17. The van der Waals surface area contributed by atoms with Gasteiger partial charge in [-0.05, 0) is 62.4 Å². The SMILES string of the molecule is CCn1nc(-c2ccc(Oc3nc4ccccc4n3C(C)O)cc2)c2ncccc21. The molecule has 2 aromatic carbocycles. The number of aryl methyl sites for hydroxylation is 1. The highest BCUT2D eigenvalue weighted by atomic mass is 16.5. The van der Waals surface area contributed by atoms with Crippen LogP contribution >= 0.6 is 0 Å². The van der Waals surface area contributed by atoms with Gasteiger partial charge < -0.3 is 9.84 Å². The van der Waals surface area contributed by atoms with Gasteiger partial charge in [0.1, 0.15) is 23.2 Å². The highest BCUT2D eigenvalue weighted by Crippen LogP contribution is 2.31. The predicted octanol–water partition coefficient (Wildman–Crippen LogP) is 4.77. The Kier molecular flexibility index (Phi) is 4.44. The van der Waals surface area contributed by atoms with Crippen molar-refractivity contribution >= 4 is 22.1 Å². The first-order valence-corrected chi connectivity index (χ1v) is 9.90. The first-order valence-electron chi connectivity index (χ1n) is 9.90. The summed E-state index contributed by atoms with van der Waals surface area (Å²) < 4.78 is 9.63. The number of nitrogens with zero attached hydrogens (tertiary/aromatic N) is 5. The average molecular weight is 399 g/mol. The van der Waals surface area contributed by atoms with Crippen LogP contribution in [0.3, 0.4) is 0 Å². The van der Waals surface area contributed by atoms with Crippen molar-refractivity contribution in [1.82, 2.24) is 24.3 Å². The summed E-state index contributed by atoms with van der Waals surface area (Å²) >= 11 is 0. The van der Waals surface area contributed by atoms with Crippen LogP contribution in [0.2, 0.25) is 0 Å². The van der Waals surface area contributed by atoms with E-state index in [1.165, 1.54) is 0 Å². The van der Waals surface area contributed by atoms with Crippen LogP contribution in [0, 0.1) is 0 Å². The smallest absolute Gasteiger partial charge is 0.305 e. The number of benzene rings is 2. The Balaban J connectivity index is 1.50. The van der Waals surface area contributed by atoms with E-state index in [0.29, 0.717) is 11.8 Å². The maximum absolute atomic E-state index is 10.2. The molecule has 1 N–H and O–H groups in total. The monoisotopic (exact) mass is 399 g/mol. The Bertz CT molecular complexity index is 1340. The molecule has 0 bridgehead atoms. The second kappa shape index (κ2) is 7.27. The van der Waals surface area contributed by atoms with Crippen LogP contribution in [-0.2, 0) is 6.54 Å². The molecule has 0 aliphatic carbocycles. The van der Waals surface area contributed by atoms with E-state index in [2.05, 4.69) is 16.9 Å². The molecule has 0 aliphatic rings. The second-order valence-corrected chi connectivity index (χ2v) is 7.05. The van der Waals surface area contributed by atoms with Crippen molar-refractivity contribution in [2.45, 2.75) is 26.6 Å². The van der Waals surface area contributed by atoms with Crippen molar-refractivity contribution in [1.29, 1.82) is 0 Å². The zero-order valence-corrected chi connectivity index (χ0v) is 16.7. The lowest BCUT2D eigenvalue weighted by Crippen LogP contribution is -2.05. The summed E-state index contributed by atoms with van der Waals surface area (Å²) in [6, 6.07) is 19.6. The minimum atomic E-state index is -0.762. The molecule has 7 heteroatoms. The molecule has 5 rings (SSSR count). The quantitative estimate of drug-likeness (QED) is 0.461. The Morgan fingerprint density at radius 2 is 1.77 bits per heavy atom. The zero-order chi connectivity index (χ0) is 20.7. The van der Waals surface area contributed by atoms with Gasteiger partial charge in [-0.25, -0.2) is 0 Å². The van der Waals surface area contributed by atoms with Gasteiger partial charge in [-0.2, -0.15) is 10.1 Å². The number of pyridine rings is 1. The Labute approximate surface area is 173 Å². The number of aliphatic hydroxyl groups is 1. The van der Waals surface area contributed by atoms with Crippen molar-refractivity contribution in [3.63, 3.8) is 0 Å². The molecule has 0 amide bonds. The lowest BCUT2D eigenvalue weighted by atomic mass is 10.1. The summed E-state index contributed by atoms with van der Waals surface area (Å²) in [5.41, 5.74) is 5.29. The molecule has 3 aromatic heterocycles. The van der Waals surface area contributed by atoms with Gasteiger partial charge in [-0.15, -0.1) is 0 Å². The van der Waals surface area contributed by atoms with E-state index in [9.17, 15) is 5.11 Å². The Morgan fingerprint density at radius 3 is 2.53 bits per heavy atom. The molecule has 3 heterocycles. The highest BCUT2D eigenvalue weighted by molar-refractivity contribution is 5.89. The fraction of sp³-hybridized carbons (Fsp3) is 0.174. The predicted molar refractivity (Wildman–Crippen MR) is 115 cm³/mol. The molecule has 30 heavy (non-hydrogen) atoms. The molecule has 0 aliphatic heterocycles. The fourth-order valence-electron chi connectivity index (χ4n) is 3.69. The van der Waals surface area contributed by atoms with Crippen LogP contribution in [-0.4, -0.2) is 29.4 Å². The molecule has 1 atom stereocenters. The Morgan fingerprint density at radius 1 is 1.00 bits per heavy atom. The lowest BCUT2D eigenvalue weighted by Gasteiger charge is -2.12. The van der Waals surface area contributed by atoms with Crippen LogP contribution in [0.4, 0.5) is 0 Å². The van der Waals surface area contributed by atoms with Gasteiger partial charge in [0.05, 0.1) is 16.6 Å². The summed E-state index contributed by atoms with van der Waals surface area (Å²) in [5, 5.41) is 14.9. The molecular formula is C23H21N5O2. The van der Waals surface area contributed by atoms with E-state index in [-0.39, 0.29) is 0 Å². The molecule has 7 nitrogen and oxygen atoms in total. The van der Waals surface area contributed by atoms with Crippen molar-refractivity contribution in [3.8, 4) is 23.0 Å².